The zero-order chi connectivity index (χ0) is 16.9. The zero-order valence-electron chi connectivity index (χ0n) is 14.1. The van der Waals surface area contributed by atoms with Crippen LogP contribution in [-0.2, 0) is 19.2 Å². The molecule has 2 N–H and O–H groups in total. The molecule has 7 heteroatoms. The van der Waals surface area contributed by atoms with Crippen LogP contribution in [0.1, 0.15) is 47.5 Å². The van der Waals surface area contributed by atoms with Crippen LogP contribution in [0.5, 0.6) is 0 Å². The maximum Gasteiger partial charge on any atom is 0.266 e. The number of hydrogen-bond acceptors (Lipinski definition) is 4. The third-order valence-corrected chi connectivity index (χ3v) is 3.28. The Morgan fingerprint density at radius 2 is 1.91 bits per heavy atom. The van der Waals surface area contributed by atoms with Crippen molar-refractivity contribution in [2.45, 2.75) is 59.5 Å². The summed E-state index contributed by atoms with van der Waals surface area (Å²) in [6.07, 6.45) is 1.39. The van der Waals surface area contributed by atoms with Crippen molar-refractivity contribution in [2.24, 2.45) is 5.41 Å². The number of rotatable bonds is 5. The molecule has 0 saturated carbocycles. The van der Waals surface area contributed by atoms with Gasteiger partial charge >= 0.3 is 0 Å². The summed E-state index contributed by atoms with van der Waals surface area (Å²) >= 11 is 0. The number of carbonyl (C=O) groups is 3. The van der Waals surface area contributed by atoms with Gasteiger partial charge in [0.1, 0.15) is 6.04 Å². The molecule has 126 valence electrons. The van der Waals surface area contributed by atoms with Gasteiger partial charge in [0, 0.05) is 18.0 Å². The molecular weight excluding hydrogens is 286 g/mol. The van der Waals surface area contributed by atoms with Gasteiger partial charge in [0.05, 0.1) is 0 Å². The predicted molar refractivity (Wildman–Crippen MR) is 81.6 cm³/mol. The van der Waals surface area contributed by atoms with Gasteiger partial charge in [-0.3, -0.25) is 19.2 Å². The van der Waals surface area contributed by atoms with Crippen molar-refractivity contribution in [3.8, 4) is 0 Å². The van der Waals surface area contributed by atoms with Crippen LogP contribution in [0, 0.1) is 5.41 Å². The molecule has 0 spiro atoms. The van der Waals surface area contributed by atoms with E-state index in [9.17, 15) is 14.4 Å². The van der Waals surface area contributed by atoms with Crippen LogP contribution in [0.25, 0.3) is 0 Å². The molecule has 0 bridgehead atoms. The molecule has 1 fully saturated rings. The molecule has 3 amide bonds. The van der Waals surface area contributed by atoms with Crippen LogP contribution in [0.15, 0.2) is 0 Å². The molecule has 22 heavy (non-hydrogen) atoms. The van der Waals surface area contributed by atoms with E-state index in [0.29, 0.717) is 13.0 Å². The summed E-state index contributed by atoms with van der Waals surface area (Å²) in [7, 11) is 0. The fourth-order valence-electron chi connectivity index (χ4n) is 2.32. The summed E-state index contributed by atoms with van der Waals surface area (Å²) in [5, 5.41) is 2.65. The molecule has 1 aliphatic heterocycles. The van der Waals surface area contributed by atoms with Gasteiger partial charge in [0.15, 0.2) is 6.61 Å². The minimum absolute atomic E-state index is 0.0153. The smallest absolute Gasteiger partial charge is 0.266 e. The molecule has 1 atom stereocenters. The molecule has 1 heterocycles. The van der Waals surface area contributed by atoms with Crippen LogP contribution in [0.3, 0.4) is 0 Å². The monoisotopic (exact) mass is 313 g/mol. The minimum atomic E-state index is -0.528. The van der Waals surface area contributed by atoms with E-state index in [4.69, 9.17) is 4.84 Å². The zero-order valence-corrected chi connectivity index (χ0v) is 14.1. The first-order chi connectivity index (χ1) is 10.1. The highest BCUT2D eigenvalue weighted by Crippen LogP contribution is 2.25. The summed E-state index contributed by atoms with van der Waals surface area (Å²) < 4.78 is 0. The van der Waals surface area contributed by atoms with Crippen molar-refractivity contribution < 1.29 is 19.2 Å². The normalized spacial score (nSPS) is 18.5. The lowest BCUT2D eigenvalue weighted by Crippen LogP contribution is -2.49. The summed E-state index contributed by atoms with van der Waals surface area (Å²) in [5.41, 5.74) is 1.74. The summed E-state index contributed by atoms with van der Waals surface area (Å²) in [5.74, 6) is -0.737. The van der Waals surface area contributed by atoms with Crippen molar-refractivity contribution in [3.05, 3.63) is 0 Å². The topological polar surface area (TPSA) is 87.7 Å². The molecule has 0 aromatic carbocycles. The van der Waals surface area contributed by atoms with Crippen LogP contribution in [0.4, 0.5) is 0 Å². The highest BCUT2D eigenvalue weighted by Gasteiger charge is 2.38. The standard InChI is InChI=1S/C15H27N3O4/c1-10(2)16-12(19)9-22-17-13(20)11-7-6-8-18(11)14(21)15(3,4)5/h10-11H,6-9H2,1-5H3,(H,16,19)(H,17,20)/t11-/m0/s1. The molecular formula is C15H27N3O4. The van der Waals surface area contributed by atoms with Crippen LogP contribution in [0.2, 0.25) is 0 Å². The second-order valence-corrected chi connectivity index (χ2v) is 6.88. The molecule has 1 rings (SSSR count). The van der Waals surface area contributed by atoms with Gasteiger partial charge in [-0.1, -0.05) is 20.8 Å². The minimum Gasteiger partial charge on any atom is -0.352 e. The van der Waals surface area contributed by atoms with Crippen molar-refractivity contribution in [2.75, 3.05) is 13.2 Å². The SMILES string of the molecule is CC(C)NC(=O)CONC(=O)[C@@H]1CCCN1C(=O)C(C)(C)C. The van der Waals surface area contributed by atoms with E-state index in [1.54, 1.807) is 4.90 Å². The van der Waals surface area contributed by atoms with E-state index >= 15 is 0 Å². The van der Waals surface area contributed by atoms with E-state index in [1.165, 1.54) is 0 Å². The highest BCUT2D eigenvalue weighted by molar-refractivity contribution is 5.89. The molecule has 0 aromatic heterocycles. The number of hydroxylamine groups is 1. The Bertz CT molecular complexity index is 429. The first-order valence-electron chi connectivity index (χ1n) is 7.65. The lowest BCUT2D eigenvalue weighted by atomic mass is 9.94. The molecule has 0 radical (unpaired) electrons. The largest absolute Gasteiger partial charge is 0.352 e. The van der Waals surface area contributed by atoms with Crippen molar-refractivity contribution in [1.29, 1.82) is 0 Å². The number of nitrogens with one attached hydrogen (secondary N) is 2. The van der Waals surface area contributed by atoms with Gasteiger partial charge in [0.25, 0.3) is 5.91 Å². The summed E-state index contributed by atoms with van der Waals surface area (Å²) in [6.45, 7) is 9.49. The van der Waals surface area contributed by atoms with Gasteiger partial charge in [-0.2, -0.15) is 0 Å². The van der Waals surface area contributed by atoms with E-state index < -0.39 is 11.5 Å². The van der Waals surface area contributed by atoms with Crippen LogP contribution >= 0.6 is 0 Å². The molecule has 1 saturated heterocycles. The second-order valence-electron chi connectivity index (χ2n) is 6.88. The quantitative estimate of drug-likeness (QED) is 0.727. The van der Waals surface area contributed by atoms with Crippen molar-refractivity contribution in [1.82, 2.24) is 15.7 Å². The Balaban J connectivity index is 2.47. The maximum absolute atomic E-state index is 12.3. The van der Waals surface area contributed by atoms with Gasteiger partial charge in [0.2, 0.25) is 11.8 Å². The Hall–Kier alpha value is -1.63. The number of nitrogens with zero attached hydrogens (tertiary/aromatic N) is 1. The van der Waals surface area contributed by atoms with Gasteiger partial charge < -0.3 is 10.2 Å². The Labute approximate surface area is 131 Å². The Kier molecular flexibility index (Phi) is 6.34. The van der Waals surface area contributed by atoms with E-state index in [0.717, 1.165) is 6.42 Å². The van der Waals surface area contributed by atoms with Crippen molar-refractivity contribution >= 4 is 17.7 Å². The third kappa shape index (κ3) is 5.29. The van der Waals surface area contributed by atoms with Crippen LogP contribution < -0.4 is 10.8 Å². The average Bonchev–Trinajstić information content (AvgIpc) is 2.84. The molecule has 0 unspecified atom stereocenters. The average molecular weight is 313 g/mol. The van der Waals surface area contributed by atoms with Crippen LogP contribution in [-0.4, -0.2) is 47.9 Å². The number of hydrogen-bond donors (Lipinski definition) is 2. The molecule has 0 aliphatic carbocycles. The second kappa shape index (κ2) is 7.58. The fourth-order valence-corrected chi connectivity index (χ4v) is 2.32. The third-order valence-electron chi connectivity index (χ3n) is 3.28. The van der Waals surface area contributed by atoms with Gasteiger partial charge in [-0.25, -0.2) is 5.48 Å². The van der Waals surface area contributed by atoms with Crippen molar-refractivity contribution in [3.63, 3.8) is 0 Å². The molecule has 1 aliphatic rings. The fraction of sp³-hybridized carbons (Fsp3) is 0.800. The lowest BCUT2D eigenvalue weighted by Gasteiger charge is -2.30. The Morgan fingerprint density at radius 3 is 2.45 bits per heavy atom. The van der Waals surface area contributed by atoms with E-state index in [-0.39, 0.29) is 30.4 Å². The first-order valence-corrected chi connectivity index (χ1v) is 7.65. The summed E-state index contributed by atoms with van der Waals surface area (Å²) in [4.78, 5) is 42.4. The van der Waals surface area contributed by atoms with Gasteiger partial charge in [-0.15, -0.1) is 0 Å². The number of amides is 3. The highest BCUT2D eigenvalue weighted by atomic mass is 16.7. The first kappa shape index (κ1) is 18.4. The van der Waals surface area contributed by atoms with Gasteiger partial charge in [-0.05, 0) is 26.7 Å². The predicted octanol–water partition coefficient (Wildman–Crippen LogP) is 0.596. The van der Waals surface area contributed by atoms with E-state index in [2.05, 4.69) is 10.8 Å². The lowest BCUT2D eigenvalue weighted by molar-refractivity contribution is -0.150. The number of likely N-dealkylation sites (tertiary alicyclic amines) is 1. The van der Waals surface area contributed by atoms with E-state index in [1.807, 2.05) is 34.6 Å². The molecule has 0 aromatic rings. The number of carbonyl (C=O) groups excluding carboxylic acids is 3. The Morgan fingerprint density at radius 1 is 1.27 bits per heavy atom. The molecule has 7 nitrogen and oxygen atoms in total. The summed E-state index contributed by atoms with van der Waals surface area (Å²) in [6, 6.07) is -0.513. The maximum atomic E-state index is 12.3.